The quantitative estimate of drug-likeness (QED) is 0.773. The molecule has 0 radical (unpaired) electrons. The summed E-state index contributed by atoms with van der Waals surface area (Å²) in [6.07, 6.45) is -1.61. The van der Waals surface area contributed by atoms with Gasteiger partial charge in [0, 0.05) is 23.7 Å². The average Bonchev–Trinajstić information content (AvgIpc) is 2.93. The van der Waals surface area contributed by atoms with Crippen LogP contribution in [-0.4, -0.2) is 52.1 Å². The third-order valence-corrected chi connectivity index (χ3v) is 4.75. The molecule has 2 aliphatic heterocycles. The second-order valence-electron chi connectivity index (χ2n) is 4.78. The molecular formula is C13H15NO3S. The first-order valence-electron chi connectivity index (χ1n) is 6.03. The molecule has 0 aromatic heterocycles. The zero-order valence-electron chi connectivity index (χ0n) is 9.82. The molecule has 2 aliphatic rings. The number of carbonyl (C=O) groups excluding carboxylic acids is 1. The number of aliphatic hydroxyl groups excluding tert-OH is 2. The molecule has 4 nitrogen and oxygen atoms in total. The van der Waals surface area contributed by atoms with Gasteiger partial charge in [0.25, 0.3) is 0 Å². The predicted molar refractivity (Wildman–Crippen MR) is 68.5 cm³/mol. The Morgan fingerprint density at radius 3 is 2.61 bits per heavy atom. The molecule has 1 fully saturated rings. The van der Waals surface area contributed by atoms with Crippen LogP contribution in [0.4, 0.5) is 0 Å². The van der Waals surface area contributed by atoms with Crippen LogP contribution < -0.4 is 0 Å². The Hall–Kier alpha value is -1.04. The molecule has 2 N–H and O–H groups in total. The monoisotopic (exact) mass is 265 g/mol. The number of rotatable bonds is 1. The van der Waals surface area contributed by atoms with Crippen LogP contribution in [0.1, 0.15) is 11.5 Å². The Balaban J connectivity index is 1.79. The molecular weight excluding hydrogens is 250 g/mol. The number of aliphatic hydroxyl groups is 2. The van der Waals surface area contributed by atoms with E-state index in [1.54, 1.807) is 16.7 Å². The zero-order valence-corrected chi connectivity index (χ0v) is 10.6. The Morgan fingerprint density at radius 1 is 1.22 bits per heavy atom. The van der Waals surface area contributed by atoms with E-state index in [2.05, 4.69) is 0 Å². The smallest absolute Gasteiger partial charge is 0.231 e. The molecule has 1 saturated heterocycles. The van der Waals surface area contributed by atoms with Crippen LogP contribution >= 0.6 is 11.8 Å². The van der Waals surface area contributed by atoms with E-state index >= 15 is 0 Å². The van der Waals surface area contributed by atoms with Crippen molar-refractivity contribution in [2.24, 2.45) is 0 Å². The maximum Gasteiger partial charge on any atom is 0.231 e. The van der Waals surface area contributed by atoms with Gasteiger partial charge in [-0.2, -0.15) is 0 Å². The highest BCUT2D eigenvalue weighted by molar-refractivity contribution is 7.99. The van der Waals surface area contributed by atoms with Gasteiger partial charge in [0.05, 0.1) is 18.1 Å². The Morgan fingerprint density at radius 2 is 1.89 bits per heavy atom. The van der Waals surface area contributed by atoms with Crippen LogP contribution in [0.15, 0.2) is 29.2 Å². The molecule has 1 aromatic carbocycles. The predicted octanol–water partition coefficient (Wildman–Crippen LogP) is 0.440. The lowest BCUT2D eigenvalue weighted by atomic mass is 10.00. The van der Waals surface area contributed by atoms with E-state index in [1.807, 2.05) is 24.3 Å². The summed E-state index contributed by atoms with van der Waals surface area (Å²) in [5.74, 6) is 0.632. The van der Waals surface area contributed by atoms with Gasteiger partial charge in [-0.25, -0.2) is 0 Å². The standard InChI is InChI=1S/C13H15NO3S/c15-10-5-14(6-11(10)16)13(17)9-7-18-12-4-2-1-3-8(9)12/h1-4,9-11,15-16H,5-7H2. The van der Waals surface area contributed by atoms with Gasteiger partial charge in [0.2, 0.25) is 5.91 Å². The average molecular weight is 265 g/mol. The number of likely N-dealkylation sites (tertiary alicyclic amines) is 1. The molecule has 1 aromatic rings. The van der Waals surface area contributed by atoms with Gasteiger partial charge in [0.15, 0.2) is 0 Å². The van der Waals surface area contributed by atoms with Crippen LogP contribution in [0.3, 0.4) is 0 Å². The summed E-state index contributed by atoms with van der Waals surface area (Å²) < 4.78 is 0. The maximum atomic E-state index is 12.4. The molecule has 0 saturated carbocycles. The van der Waals surface area contributed by atoms with E-state index in [9.17, 15) is 15.0 Å². The summed E-state index contributed by atoms with van der Waals surface area (Å²) in [6.45, 7) is 0.479. The largest absolute Gasteiger partial charge is 0.388 e. The third-order valence-electron chi connectivity index (χ3n) is 3.57. The topological polar surface area (TPSA) is 60.8 Å². The van der Waals surface area contributed by atoms with E-state index in [4.69, 9.17) is 0 Å². The lowest BCUT2D eigenvalue weighted by molar-refractivity contribution is -0.131. The van der Waals surface area contributed by atoms with Gasteiger partial charge in [-0.15, -0.1) is 11.8 Å². The summed E-state index contributed by atoms with van der Waals surface area (Å²) in [6, 6.07) is 7.93. The lowest BCUT2D eigenvalue weighted by Crippen LogP contribution is -2.34. The fraction of sp³-hybridized carbons (Fsp3) is 0.462. The van der Waals surface area contributed by atoms with Crippen molar-refractivity contribution in [3.8, 4) is 0 Å². The Kier molecular flexibility index (Phi) is 3.05. The molecule has 0 spiro atoms. The van der Waals surface area contributed by atoms with E-state index in [1.165, 1.54) is 0 Å². The minimum atomic E-state index is -0.807. The number of benzene rings is 1. The number of thioether (sulfide) groups is 1. The molecule has 96 valence electrons. The van der Waals surface area contributed by atoms with Gasteiger partial charge in [-0.05, 0) is 11.6 Å². The first-order valence-corrected chi connectivity index (χ1v) is 7.02. The highest BCUT2D eigenvalue weighted by atomic mass is 32.2. The lowest BCUT2D eigenvalue weighted by Gasteiger charge is -2.20. The molecule has 2 heterocycles. The van der Waals surface area contributed by atoms with Crippen molar-refractivity contribution in [3.63, 3.8) is 0 Å². The molecule has 3 atom stereocenters. The molecule has 3 unspecified atom stereocenters. The molecule has 18 heavy (non-hydrogen) atoms. The molecule has 0 aliphatic carbocycles. The summed E-state index contributed by atoms with van der Waals surface area (Å²) in [5.41, 5.74) is 1.07. The van der Waals surface area contributed by atoms with Crippen molar-refractivity contribution in [1.29, 1.82) is 0 Å². The summed E-state index contributed by atoms with van der Waals surface area (Å²) in [4.78, 5) is 15.1. The van der Waals surface area contributed by atoms with E-state index in [0.29, 0.717) is 0 Å². The highest BCUT2D eigenvalue weighted by Crippen LogP contribution is 2.40. The Labute approximate surface area is 110 Å². The van der Waals surface area contributed by atoms with Crippen LogP contribution in [0.25, 0.3) is 0 Å². The van der Waals surface area contributed by atoms with Crippen molar-refractivity contribution in [2.45, 2.75) is 23.0 Å². The first kappa shape index (κ1) is 12.0. The van der Waals surface area contributed by atoms with Gasteiger partial charge in [0.1, 0.15) is 0 Å². The van der Waals surface area contributed by atoms with Crippen molar-refractivity contribution in [1.82, 2.24) is 4.90 Å². The van der Waals surface area contributed by atoms with Crippen molar-refractivity contribution in [2.75, 3.05) is 18.8 Å². The van der Waals surface area contributed by atoms with Crippen molar-refractivity contribution in [3.05, 3.63) is 29.8 Å². The number of fused-ring (bicyclic) bond motifs is 1. The van der Waals surface area contributed by atoms with Crippen molar-refractivity contribution < 1.29 is 15.0 Å². The summed E-state index contributed by atoms with van der Waals surface area (Å²) in [7, 11) is 0. The molecule has 1 amide bonds. The zero-order chi connectivity index (χ0) is 12.7. The summed E-state index contributed by atoms with van der Waals surface area (Å²) >= 11 is 1.69. The second kappa shape index (κ2) is 4.57. The first-order chi connectivity index (χ1) is 8.66. The van der Waals surface area contributed by atoms with Gasteiger partial charge in [-0.1, -0.05) is 18.2 Å². The van der Waals surface area contributed by atoms with Crippen LogP contribution in [0, 0.1) is 0 Å². The third kappa shape index (κ3) is 1.92. The molecule has 0 bridgehead atoms. The Bertz CT molecular complexity index is 469. The van der Waals surface area contributed by atoms with Gasteiger partial charge < -0.3 is 15.1 Å². The number of nitrogens with zero attached hydrogens (tertiary/aromatic N) is 1. The second-order valence-corrected chi connectivity index (χ2v) is 5.84. The number of amides is 1. The minimum Gasteiger partial charge on any atom is -0.388 e. The van der Waals surface area contributed by atoms with Crippen LogP contribution in [0.2, 0.25) is 0 Å². The van der Waals surface area contributed by atoms with E-state index < -0.39 is 12.2 Å². The summed E-state index contributed by atoms with van der Waals surface area (Å²) in [5, 5.41) is 19.0. The maximum absolute atomic E-state index is 12.4. The number of carbonyl (C=O) groups is 1. The molecule has 5 heteroatoms. The van der Waals surface area contributed by atoms with Crippen LogP contribution in [-0.2, 0) is 4.79 Å². The highest BCUT2D eigenvalue weighted by Gasteiger charge is 2.38. The fourth-order valence-electron chi connectivity index (χ4n) is 2.54. The SMILES string of the molecule is O=C(C1CSc2ccccc21)N1CC(O)C(O)C1. The normalized spacial score (nSPS) is 30.6. The number of hydrogen-bond donors (Lipinski definition) is 2. The van der Waals surface area contributed by atoms with E-state index in [-0.39, 0.29) is 24.9 Å². The van der Waals surface area contributed by atoms with Crippen molar-refractivity contribution >= 4 is 17.7 Å². The van der Waals surface area contributed by atoms with Gasteiger partial charge >= 0.3 is 0 Å². The minimum absolute atomic E-state index is 0.0167. The van der Waals surface area contributed by atoms with E-state index in [0.717, 1.165) is 16.2 Å². The molecule has 3 rings (SSSR count). The number of β-amino-alcohol motifs (C(OH)–C–C–N with tert-alkyl or cyclic N) is 2. The van der Waals surface area contributed by atoms with Crippen LogP contribution in [0.5, 0.6) is 0 Å². The fourth-order valence-corrected chi connectivity index (χ4v) is 3.76. The van der Waals surface area contributed by atoms with Gasteiger partial charge in [-0.3, -0.25) is 4.79 Å². The number of hydrogen-bond acceptors (Lipinski definition) is 4.